The van der Waals surface area contributed by atoms with Crippen LogP contribution in [0.4, 0.5) is 5.69 Å². The van der Waals surface area contributed by atoms with Gasteiger partial charge in [0, 0.05) is 0 Å². The van der Waals surface area contributed by atoms with Gasteiger partial charge in [0.15, 0.2) is 0 Å². The maximum atomic E-state index is 12.3. The molecule has 0 aliphatic rings. The summed E-state index contributed by atoms with van der Waals surface area (Å²) in [5.41, 5.74) is 3.46. The van der Waals surface area contributed by atoms with Crippen LogP contribution in [0.25, 0.3) is 0 Å². The lowest BCUT2D eigenvalue weighted by Gasteiger charge is -2.14. The highest BCUT2D eigenvalue weighted by Crippen LogP contribution is 2.23. The Bertz CT molecular complexity index is 679. The van der Waals surface area contributed by atoms with Gasteiger partial charge in [-0.15, -0.1) is 0 Å². The van der Waals surface area contributed by atoms with Gasteiger partial charge in [-0.3, -0.25) is 4.72 Å². The zero-order valence-electron chi connectivity index (χ0n) is 11.8. The summed E-state index contributed by atoms with van der Waals surface area (Å²) in [6.45, 7) is 3.93. The first-order valence-electron chi connectivity index (χ1n) is 6.65. The molecule has 0 aliphatic carbocycles. The second-order valence-electron chi connectivity index (χ2n) is 4.81. The number of nitrogens with one attached hydrogen (secondary N) is 1. The predicted molar refractivity (Wildman–Crippen MR) is 83.2 cm³/mol. The van der Waals surface area contributed by atoms with Crippen molar-refractivity contribution in [2.45, 2.75) is 26.0 Å². The van der Waals surface area contributed by atoms with Gasteiger partial charge in [-0.2, -0.15) is 0 Å². The van der Waals surface area contributed by atoms with E-state index in [1.54, 1.807) is 0 Å². The van der Waals surface area contributed by atoms with E-state index in [4.69, 9.17) is 0 Å². The van der Waals surface area contributed by atoms with Crippen molar-refractivity contribution in [3.8, 4) is 0 Å². The molecular weight excluding hydrogens is 270 g/mol. The van der Waals surface area contributed by atoms with Crippen LogP contribution in [0.3, 0.4) is 0 Å². The quantitative estimate of drug-likeness (QED) is 0.915. The fourth-order valence-electron chi connectivity index (χ4n) is 2.15. The smallest absolute Gasteiger partial charge is 0.236 e. The second-order valence-corrected chi connectivity index (χ2v) is 6.53. The van der Waals surface area contributed by atoms with Crippen molar-refractivity contribution in [1.82, 2.24) is 0 Å². The topological polar surface area (TPSA) is 46.2 Å². The Balaban J connectivity index is 2.25. The highest BCUT2D eigenvalue weighted by Gasteiger charge is 2.14. The first kappa shape index (κ1) is 14.6. The van der Waals surface area contributed by atoms with Gasteiger partial charge in [0.05, 0.1) is 11.4 Å². The number of anilines is 1. The fourth-order valence-corrected chi connectivity index (χ4v) is 3.46. The maximum Gasteiger partial charge on any atom is 0.236 e. The van der Waals surface area contributed by atoms with Gasteiger partial charge in [0.1, 0.15) is 0 Å². The predicted octanol–water partition coefficient (Wildman–Crippen LogP) is 3.50. The zero-order valence-corrected chi connectivity index (χ0v) is 12.6. The molecule has 0 aliphatic heterocycles. The summed E-state index contributed by atoms with van der Waals surface area (Å²) in [7, 11) is -3.39. The van der Waals surface area contributed by atoms with Gasteiger partial charge in [0.2, 0.25) is 10.0 Å². The van der Waals surface area contributed by atoms with Crippen LogP contribution in [0.5, 0.6) is 0 Å². The van der Waals surface area contributed by atoms with Gasteiger partial charge in [-0.05, 0) is 30.0 Å². The van der Waals surface area contributed by atoms with Crippen LogP contribution in [0, 0.1) is 6.92 Å². The standard InChI is InChI=1S/C16H19NO2S/c1-3-15-11-7-8-13(2)16(15)17-20(18,19)12-14-9-5-4-6-10-14/h4-11,17H,3,12H2,1-2H3. The number of aryl methyl sites for hydroxylation is 2. The number of para-hydroxylation sites is 1. The van der Waals surface area contributed by atoms with E-state index in [2.05, 4.69) is 4.72 Å². The van der Waals surface area contributed by atoms with Crippen molar-refractivity contribution in [3.05, 3.63) is 65.2 Å². The number of rotatable bonds is 5. The lowest BCUT2D eigenvalue weighted by Crippen LogP contribution is -2.17. The van der Waals surface area contributed by atoms with Crippen molar-refractivity contribution >= 4 is 15.7 Å². The van der Waals surface area contributed by atoms with Crippen LogP contribution >= 0.6 is 0 Å². The molecular formula is C16H19NO2S. The fraction of sp³-hybridized carbons (Fsp3) is 0.250. The van der Waals surface area contributed by atoms with Crippen molar-refractivity contribution < 1.29 is 8.42 Å². The van der Waals surface area contributed by atoms with E-state index in [0.717, 1.165) is 23.1 Å². The number of sulfonamides is 1. The summed E-state index contributed by atoms with van der Waals surface area (Å²) < 4.78 is 27.3. The SMILES string of the molecule is CCc1cccc(C)c1NS(=O)(=O)Cc1ccccc1. The molecule has 2 rings (SSSR count). The molecule has 0 unspecified atom stereocenters. The largest absolute Gasteiger partial charge is 0.283 e. The molecule has 20 heavy (non-hydrogen) atoms. The summed E-state index contributed by atoms with van der Waals surface area (Å²) in [4.78, 5) is 0. The molecule has 0 fully saturated rings. The maximum absolute atomic E-state index is 12.3. The van der Waals surface area contributed by atoms with Crippen LogP contribution in [0.15, 0.2) is 48.5 Å². The van der Waals surface area contributed by atoms with Crippen LogP contribution < -0.4 is 4.72 Å². The van der Waals surface area contributed by atoms with Crippen LogP contribution in [0.1, 0.15) is 23.6 Å². The Labute approximate surface area is 120 Å². The molecule has 0 bridgehead atoms. The lowest BCUT2D eigenvalue weighted by atomic mass is 10.1. The summed E-state index contributed by atoms with van der Waals surface area (Å²) in [5.74, 6) is -0.00860. The number of hydrogen-bond donors (Lipinski definition) is 1. The minimum absolute atomic E-state index is 0.00860. The molecule has 0 spiro atoms. The molecule has 0 saturated carbocycles. The van der Waals surface area contributed by atoms with Crippen LogP contribution in [-0.4, -0.2) is 8.42 Å². The molecule has 0 radical (unpaired) electrons. The minimum Gasteiger partial charge on any atom is -0.283 e. The monoisotopic (exact) mass is 289 g/mol. The molecule has 0 atom stereocenters. The molecule has 3 nitrogen and oxygen atoms in total. The van der Waals surface area contributed by atoms with E-state index >= 15 is 0 Å². The molecule has 106 valence electrons. The Morgan fingerprint density at radius 1 is 1.00 bits per heavy atom. The highest BCUT2D eigenvalue weighted by molar-refractivity contribution is 7.91. The van der Waals surface area contributed by atoms with Gasteiger partial charge >= 0.3 is 0 Å². The van der Waals surface area contributed by atoms with E-state index < -0.39 is 10.0 Å². The third kappa shape index (κ3) is 3.61. The Morgan fingerprint density at radius 2 is 1.70 bits per heavy atom. The number of benzene rings is 2. The Kier molecular flexibility index (Phi) is 4.45. The molecule has 2 aromatic carbocycles. The van der Waals surface area contributed by atoms with Crippen LogP contribution in [-0.2, 0) is 22.2 Å². The summed E-state index contributed by atoms with van der Waals surface area (Å²) in [5, 5.41) is 0. The third-order valence-electron chi connectivity index (χ3n) is 3.20. The van der Waals surface area contributed by atoms with Gasteiger partial charge in [0.25, 0.3) is 0 Å². The van der Waals surface area contributed by atoms with Crippen LogP contribution in [0.2, 0.25) is 0 Å². The average molecular weight is 289 g/mol. The average Bonchev–Trinajstić information content (AvgIpc) is 2.41. The van der Waals surface area contributed by atoms with Crippen molar-refractivity contribution in [3.63, 3.8) is 0 Å². The van der Waals surface area contributed by atoms with E-state index in [0.29, 0.717) is 5.69 Å². The normalized spacial score (nSPS) is 11.3. The number of hydrogen-bond acceptors (Lipinski definition) is 2. The van der Waals surface area contributed by atoms with Crippen molar-refractivity contribution in [1.29, 1.82) is 0 Å². The van der Waals surface area contributed by atoms with Gasteiger partial charge in [-0.1, -0.05) is 55.5 Å². The molecule has 0 heterocycles. The van der Waals surface area contributed by atoms with Gasteiger partial charge < -0.3 is 0 Å². The second kappa shape index (κ2) is 6.09. The zero-order chi connectivity index (χ0) is 14.6. The lowest BCUT2D eigenvalue weighted by molar-refractivity contribution is 0.600. The molecule has 0 saturated heterocycles. The van der Waals surface area contributed by atoms with Gasteiger partial charge in [-0.25, -0.2) is 8.42 Å². The van der Waals surface area contributed by atoms with E-state index in [1.165, 1.54) is 0 Å². The molecule has 1 N–H and O–H groups in total. The van der Waals surface area contributed by atoms with Crippen molar-refractivity contribution in [2.24, 2.45) is 0 Å². The highest BCUT2D eigenvalue weighted by atomic mass is 32.2. The summed E-state index contributed by atoms with van der Waals surface area (Å²) in [6, 6.07) is 15.0. The summed E-state index contributed by atoms with van der Waals surface area (Å²) >= 11 is 0. The third-order valence-corrected chi connectivity index (χ3v) is 4.43. The Hall–Kier alpha value is -1.81. The molecule has 2 aromatic rings. The molecule has 4 heteroatoms. The molecule has 0 amide bonds. The van der Waals surface area contributed by atoms with Crippen molar-refractivity contribution in [2.75, 3.05) is 4.72 Å². The van der Waals surface area contributed by atoms with E-state index in [1.807, 2.05) is 62.4 Å². The first-order valence-corrected chi connectivity index (χ1v) is 8.30. The molecule has 0 aromatic heterocycles. The first-order chi connectivity index (χ1) is 9.52. The Morgan fingerprint density at radius 3 is 2.35 bits per heavy atom. The minimum atomic E-state index is -3.39. The van der Waals surface area contributed by atoms with E-state index in [-0.39, 0.29) is 5.75 Å². The summed E-state index contributed by atoms with van der Waals surface area (Å²) in [6.07, 6.45) is 0.796. The van der Waals surface area contributed by atoms with E-state index in [9.17, 15) is 8.42 Å².